The lowest BCUT2D eigenvalue weighted by molar-refractivity contribution is 0.00482. The molecule has 0 bridgehead atoms. The van der Waals surface area contributed by atoms with E-state index in [1.165, 1.54) is 0 Å². The number of benzene rings is 1. The Morgan fingerprint density at radius 2 is 1.95 bits per heavy atom. The summed E-state index contributed by atoms with van der Waals surface area (Å²) in [5.74, 6) is -1.33. The number of carbonyl (C=O) groups is 1. The second-order valence-electron chi connectivity index (χ2n) is 3.92. The van der Waals surface area contributed by atoms with Gasteiger partial charge in [-0.1, -0.05) is 23.2 Å². The van der Waals surface area contributed by atoms with Crippen molar-refractivity contribution in [3.63, 3.8) is 0 Å². The number of halogens is 2. The van der Waals surface area contributed by atoms with Crippen molar-refractivity contribution >= 4 is 39.2 Å². The topological polar surface area (TPSA) is 92.7 Å². The number of carboxylic acid groups (broad SMARTS) is 1. The molecule has 0 spiro atoms. The molecule has 0 aromatic heterocycles. The van der Waals surface area contributed by atoms with Crippen LogP contribution >= 0.6 is 23.2 Å². The standard InChI is InChI=1S/C10H9Cl2NO5S/c11-7-2-8(12)9(1-6(7)10(14)15)19(16,17)13-5-3-18-4-5/h1-2,5,13H,3-4H2,(H,14,15). The van der Waals surface area contributed by atoms with Gasteiger partial charge in [-0.05, 0) is 12.1 Å². The minimum absolute atomic E-state index is 0.122. The molecule has 19 heavy (non-hydrogen) atoms. The van der Waals surface area contributed by atoms with Crippen molar-refractivity contribution in [3.8, 4) is 0 Å². The lowest BCUT2D eigenvalue weighted by atomic mass is 10.2. The zero-order valence-corrected chi connectivity index (χ0v) is 11.7. The van der Waals surface area contributed by atoms with E-state index >= 15 is 0 Å². The molecule has 104 valence electrons. The zero-order valence-electron chi connectivity index (χ0n) is 9.39. The van der Waals surface area contributed by atoms with E-state index in [1.807, 2.05) is 0 Å². The highest BCUT2D eigenvalue weighted by Crippen LogP contribution is 2.29. The van der Waals surface area contributed by atoms with Crippen LogP contribution in [0.5, 0.6) is 0 Å². The summed E-state index contributed by atoms with van der Waals surface area (Å²) in [6, 6.07) is 1.71. The van der Waals surface area contributed by atoms with Crippen molar-refractivity contribution in [1.29, 1.82) is 0 Å². The van der Waals surface area contributed by atoms with Crippen LogP contribution in [0, 0.1) is 0 Å². The van der Waals surface area contributed by atoms with Gasteiger partial charge in [0.15, 0.2) is 0 Å². The predicted molar refractivity (Wildman–Crippen MR) is 68.3 cm³/mol. The van der Waals surface area contributed by atoms with Crippen molar-refractivity contribution < 1.29 is 23.1 Å². The third kappa shape index (κ3) is 3.01. The van der Waals surface area contributed by atoms with Gasteiger partial charge in [-0.2, -0.15) is 0 Å². The SMILES string of the molecule is O=C(O)c1cc(S(=O)(=O)NC2COC2)c(Cl)cc1Cl. The van der Waals surface area contributed by atoms with E-state index < -0.39 is 16.0 Å². The average molecular weight is 326 g/mol. The highest BCUT2D eigenvalue weighted by atomic mass is 35.5. The second kappa shape index (κ2) is 5.26. The first-order valence-electron chi connectivity index (χ1n) is 5.13. The molecule has 9 heteroatoms. The van der Waals surface area contributed by atoms with E-state index in [0.29, 0.717) is 0 Å². The van der Waals surface area contributed by atoms with Gasteiger partial charge in [0.05, 0.1) is 34.9 Å². The summed E-state index contributed by atoms with van der Waals surface area (Å²) in [6.45, 7) is 0.548. The number of hydrogen-bond donors (Lipinski definition) is 2. The first-order chi connectivity index (χ1) is 8.81. The highest BCUT2D eigenvalue weighted by molar-refractivity contribution is 7.89. The van der Waals surface area contributed by atoms with E-state index in [9.17, 15) is 13.2 Å². The van der Waals surface area contributed by atoms with Crippen LogP contribution in [0.2, 0.25) is 10.0 Å². The molecule has 2 N–H and O–H groups in total. The van der Waals surface area contributed by atoms with Gasteiger partial charge in [0.2, 0.25) is 10.0 Å². The number of nitrogens with one attached hydrogen (secondary N) is 1. The van der Waals surface area contributed by atoms with Crippen molar-refractivity contribution in [2.75, 3.05) is 13.2 Å². The molecule has 1 aromatic carbocycles. The van der Waals surface area contributed by atoms with Gasteiger partial charge < -0.3 is 9.84 Å². The van der Waals surface area contributed by atoms with Crippen LogP contribution in [-0.4, -0.2) is 38.7 Å². The minimum Gasteiger partial charge on any atom is -0.478 e. The number of rotatable bonds is 4. The number of aromatic carboxylic acids is 1. The lowest BCUT2D eigenvalue weighted by Crippen LogP contribution is -2.48. The Morgan fingerprint density at radius 1 is 1.32 bits per heavy atom. The molecule has 1 aliphatic rings. The van der Waals surface area contributed by atoms with Gasteiger partial charge in [-0.25, -0.2) is 17.9 Å². The molecule has 6 nitrogen and oxygen atoms in total. The number of hydrogen-bond acceptors (Lipinski definition) is 4. The van der Waals surface area contributed by atoms with Crippen molar-refractivity contribution in [2.24, 2.45) is 0 Å². The van der Waals surface area contributed by atoms with E-state index in [0.717, 1.165) is 12.1 Å². The number of ether oxygens (including phenoxy) is 1. The molecule has 1 fully saturated rings. The van der Waals surface area contributed by atoms with Crippen LogP contribution in [0.25, 0.3) is 0 Å². The Morgan fingerprint density at radius 3 is 2.42 bits per heavy atom. The van der Waals surface area contributed by atoms with Gasteiger partial charge >= 0.3 is 5.97 Å². The Kier molecular flexibility index (Phi) is 4.03. The second-order valence-corrected chi connectivity index (χ2v) is 6.42. The zero-order chi connectivity index (χ0) is 14.2. The van der Waals surface area contributed by atoms with E-state index in [-0.39, 0.29) is 39.8 Å². The summed E-state index contributed by atoms with van der Waals surface area (Å²) in [6.07, 6.45) is 0. The van der Waals surface area contributed by atoms with Crippen molar-refractivity contribution in [2.45, 2.75) is 10.9 Å². The minimum atomic E-state index is -3.91. The third-order valence-electron chi connectivity index (χ3n) is 2.50. The molecule has 0 aliphatic carbocycles. The van der Waals surface area contributed by atoms with Gasteiger partial charge in [0.25, 0.3) is 0 Å². The normalized spacial score (nSPS) is 16.1. The molecule has 1 saturated heterocycles. The van der Waals surface area contributed by atoms with Gasteiger partial charge in [-0.3, -0.25) is 0 Å². The van der Waals surface area contributed by atoms with E-state index in [1.54, 1.807) is 0 Å². The van der Waals surface area contributed by atoms with Crippen LogP contribution in [0.3, 0.4) is 0 Å². The van der Waals surface area contributed by atoms with Crippen LogP contribution in [0.4, 0.5) is 0 Å². The van der Waals surface area contributed by atoms with Gasteiger partial charge in [0, 0.05) is 0 Å². The molecule has 0 unspecified atom stereocenters. The summed E-state index contributed by atoms with van der Waals surface area (Å²) >= 11 is 11.5. The molecule has 1 aliphatic heterocycles. The van der Waals surface area contributed by atoms with E-state index in [4.69, 9.17) is 33.0 Å². The molecular weight excluding hydrogens is 317 g/mol. The van der Waals surface area contributed by atoms with Gasteiger partial charge in [0.1, 0.15) is 4.90 Å². The van der Waals surface area contributed by atoms with Crippen LogP contribution in [0.1, 0.15) is 10.4 Å². The maximum Gasteiger partial charge on any atom is 0.337 e. The summed E-state index contributed by atoms with van der Waals surface area (Å²) in [7, 11) is -3.91. The van der Waals surface area contributed by atoms with Crippen LogP contribution < -0.4 is 4.72 Å². The molecule has 1 aromatic rings. The molecular formula is C10H9Cl2NO5S. The third-order valence-corrected chi connectivity index (χ3v) is 4.80. The first-order valence-corrected chi connectivity index (χ1v) is 7.37. The first kappa shape index (κ1) is 14.5. The summed E-state index contributed by atoms with van der Waals surface area (Å²) in [5.41, 5.74) is -0.323. The maximum atomic E-state index is 12.1. The average Bonchev–Trinajstić information content (AvgIpc) is 2.22. The Hall–Kier alpha value is -0.860. The molecule has 2 rings (SSSR count). The molecule has 0 saturated carbocycles. The maximum absolute atomic E-state index is 12.1. The van der Waals surface area contributed by atoms with Crippen LogP contribution in [0.15, 0.2) is 17.0 Å². The summed E-state index contributed by atoms with van der Waals surface area (Å²) in [4.78, 5) is 10.6. The predicted octanol–water partition coefficient (Wildman–Crippen LogP) is 1.37. The Bertz CT molecular complexity index is 627. The lowest BCUT2D eigenvalue weighted by Gasteiger charge is -2.26. The monoisotopic (exact) mass is 325 g/mol. The van der Waals surface area contributed by atoms with Crippen molar-refractivity contribution in [1.82, 2.24) is 4.72 Å². The molecule has 1 heterocycles. The molecule has 0 atom stereocenters. The summed E-state index contributed by atoms with van der Waals surface area (Å²) in [5, 5.41) is 8.67. The van der Waals surface area contributed by atoms with E-state index in [2.05, 4.69) is 4.72 Å². The largest absolute Gasteiger partial charge is 0.478 e. The van der Waals surface area contributed by atoms with Crippen molar-refractivity contribution in [3.05, 3.63) is 27.7 Å². The fraction of sp³-hybridized carbons (Fsp3) is 0.300. The van der Waals surface area contributed by atoms with Gasteiger partial charge in [-0.15, -0.1) is 0 Å². The molecule has 0 amide bonds. The Balaban J connectivity index is 2.43. The van der Waals surface area contributed by atoms with Crippen LogP contribution in [-0.2, 0) is 14.8 Å². The molecule has 0 radical (unpaired) electrons. The fourth-order valence-electron chi connectivity index (χ4n) is 1.49. The highest BCUT2D eigenvalue weighted by Gasteiger charge is 2.28. The quantitative estimate of drug-likeness (QED) is 0.872. The Labute approximate surface area is 119 Å². The number of carboxylic acids is 1. The number of sulfonamides is 1. The smallest absolute Gasteiger partial charge is 0.337 e. The fourth-order valence-corrected chi connectivity index (χ4v) is 3.54. The summed E-state index contributed by atoms with van der Waals surface area (Å²) < 4.78 is 31.3.